The van der Waals surface area contributed by atoms with E-state index in [-0.39, 0.29) is 5.91 Å². The summed E-state index contributed by atoms with van der Waals surface area (Å²) >= 11 is 0. The summed E-state index contributed by atoms with van der Waals surface area (Å²) in [7, 11) is 0. The zero-order chi connectivity index (χ0) is 12.4. The highest BCUT2D eigenvalue weighted by molar-refractivity contribution is 5.76. The summed E-state index contributed by atoms with van der Waals surface area (Å²) in [6.07, 6.45) is 8.00. The van der Waals surface area contributed by atoms with Gasteiger partial charge in [-0.15, -0.1) is 5.10 Å². The van der Waals surface area contributed by atoms with Crippen LogP contribution >= 0.6 is 0 Å². The first kappa shape index (κ1) is 11.6. The van der Waals surface area contributed by atoms with Gasteiger partial charge in [0.2, 0.25) is 5.91 Å². The Morgan fingerprint density at radius 3 is 3.06 bits per heavy atom. The van der Waals surface area contributed by atoms with Gasteiger partial charge in [0.05, 0.1) is 6.20 Å². The number of amides is 1. The molecule has 1 aromatic rings. The summed E-state index contributed by atoms with van der Waals surface area (Å²) < 4.78 is 1.60. The Labute approximate surface area is 106 Å². The van der Waals surface area contributed by atoms with Gasteiger partial charge in [-0.3, -0.25) is 4.79 Å². The predicted molar refractivity (Wildman–Crippen MR) is 65.8 cm³/mol. The molecule has 1 aromatic heterocycles. The molecule has 0 bridgehead atoms. The highest BCUT2D eigenvalue weighted by atomic mass is 16.2. The van der Waals surface area contributed by atoms with Crippen LogP contribution in [0.15, 0.2) is 12.4 Å². The van der Waals surface area contributed by atoms with E-state index in [9.17, 15) is 4.79 Å². The first-order valence-corrected chi connectivity index (χ1v) is 6.71. The second kappa shape index (κ2) is 5.06. The average Bonchev–Trinajstić information content (AvgIpc) is 3.11. The molecule has 2 aliphatic rings. The van der Waals surface area contributed by atoms with Crippen LogP contribution in [0.2, 0.25) is 0 Å². The number of rotatable bonds is 3. The van der Waals surface area contributed by atoms with E-state index in [0.29, 0.717) is 18.6 Å². The van der Waals surface area contributed by atoms with Crippen molar-refractivity contribution in [3.63, 3.8) is 0 Å². The van der Waals surface area contributed by atoms with E-state index in [1.165, 1.54) is 12.8 Å². The maximum Gasteiger partial charge on any atom is 0.244 e. The van der Waals surface area contributed by atoms with Gasteiger partial charge in [0.15, 0.2) is 0 Å². The van der Waals surface area contributed by atoms with Gasteiger partial charge >= 0.3 is 0 Å². The van der Waals surface area contributed by atoms with Crippen LogP contribution in [-0.2, 0) is 11.3 Å². The average molecular weight is 249 g/mol. The second-order valence-corrected chi connectivity index (χ2v) is 5.10. The van der Waals surface area contributed by atoms with Crippen LogP contribution in [0.3, 0.4) is 0 Å². The fraction of sp³-hybridized carbons (Fsp3) is 0.750. The van der Waals surface area contributed by atoms with Gasteiger partial charge in [-0.05, 0) is 32.2 Å². The molecule has 98 valence electrons. The fourth-order valence-electron chi connectivity index (χ4n) is 3.11. The first-order valence-electron chi connectivity index (χ1n) is 6.71. The molecule has 1 N–H and O–H groups in total. The Morgan fingerprint density at radius 2 is 2.33 bits per heavy atom. The molecule has 2 saturated heterocycles. The topological polar surface area (TPSA) is 63.1 Å². The van der Waals surface area contributed by atoms with Crippen molar-refractivity contribution in [3.8, 4) is 0 Å². The molecule has 0 radical (unpaired) electrons. The van der Waals surface area contributed by atoms with Gasteiger partial charge in [0.25, 0.3) is 0 Å². The summed E-state index contributed by atoms with van der Waals surface area (Å²) in [5.41, 5.74) is 0. The number of aromatic nitrogens is 3. The lowest BCUT2D eigenvalue weighted by Crippen LogP contribution is -2.47. The summed E-state index contributed by atoms with van der Waals surface area (Å²) in [4.78, 5) is 14.3. The highest BCUT2D eigenvalue weighted by Gasteiger charge is 2.35. The van der Waals surface area contributed by atoms with Gasteiger partial charge in [0.1, 0.15) is 6.54 Å². The van der Waals surface area contributed by atoms with E-state index in [2.05, 4.69) is 15.6 Å². The SMILES string of the molecule is O=C(Cn1ccnn1)N1CCCC1C1CCCN1. The minimum Gasteiger partial charge on any atom is -0.337 e. The molecule has 1 amide bonds. The standard InChI is InChI=1S/C12H19N5O/c18-12(9-16-8-6-14-15-16)17-7-2-4-11(17)10-3-1-5-13-10/h6,8,10-11,13H,1-5,7,9H2. The molecule has 18 heavy (non-hydrogen) atoms. The Balaban J connectivity index is 1.64. The molecule has 2 unspecified atom stereocenters. The van der Waals surface area contributed by atoms with Crippen LogP contribution in [0, 0.1) is 0 Å². The Bertz CT molecular complexity index is 399. The van der Waals surface area contributed by atoms with Crippen LogP contribution in [0.5, 0.6) is 0 Å². The van der Waals surface area contributed by atoms with Crippen molar-refractivity contribution in [1.29, 1.82) is 0 Å². The van der Waals surface area contributed by atoms with Gasteiger partial charge in [-0.25, -0.2) is 4.68 Å². The Hall–Kier alpha value is -1.43. The van der Waals surface area contributed by atoms with Gasteiger partial charge < -0.3 is 10.2 Å². The van der Waals surface area contributed by atoms with E-state index in [1.54, 1.807) is 17.1 Å². The Morgan fingerprint density at radius 1 is 1.39 bits per heavy atom. The smallest absolute Gasteiger partial charge is 0.244 e. The zero-order valence-electron chi connectivity index (χ0n) is 10.5. The van der Waals surface area contributed by atoms with Crippen LogP contribution in [0.25, 0.3) is 0 Å². The number of hydrogen-bond acceptors (Lipinski definition) is 4. The number of carbonyl (C=O) groups excluding carboxylic acids is 1. The molecule has 2 atom stereocenters. The number of hydrogen-bond donors (Lipinski definition) is 1. The number of carbonyl (C=O) groups is 1. The van der Waals surface area contributed by atoms with Gasteiger partial charge in [-0.1, -0.05) is 5.21 Å². The third-order valence-electron chi connectivity index (χ3n) is 3.95. The van der Waals surface area contributed by atoms with Crippen LogP contribution < -0.4 is 5.32 Å². The zero-order valence-corrected chi connectivity index (χ0v) is 10.5. The normalized spacial score (nSPS) is 27.9. The van der Waals surface area contributed by atoms with Crippen molar-refractivity contribution >= 4 is 5.91 Å². The summed E-state index contributed by atoms with van der Waals surface area (Å²) in [6, 6.07) is 0.871. The van der Waals surface area contributed by atoms with E-state index in [0.717, 1.165) is 25.9 Å². The fourth-order valence-corrected chi connectivity index (χ4v) is 3.11. The molecule has 3 heterocycles. The van der Waals surface area contributed by atoms with Crippen LogP contribution in [-0.4, -0.2) is 51.0 Å². The molecule has 0 spiro atoms. The van der Waals surface area contributed by atoms with Crippen LogP contribution in [0.1, 0.15) is 25.7 Å². The van der Waals surface area contributed by atoms with Gasteiger partial charge in [0, 0.05) is 24.8 Å². The number of likely N-dealkylation sites (tertiary alicyclic amines) is 1. The van der Waals surface area contributed by atoms with Crippen molar-refractivity contribution < 1.29 is 4.79 Å². The minimum atomic E-state index is 0.164. The lowest BCUT2D eigenvalue weighted by atomic mass is 10.0. The van der Waals surface area contributed by atoms with Crippen molar-refractivity contribution in [1.82, 2.24) is 25.2 Å². The first-order chi connectivity index (χ1) is 8.84. The molecule has 3 rings (SSSR count). The highest BCUT2D eigenvalue weighted by Crippen LogP contribution is 2.24. The monoisotopic (exact) mass is 249 g/mol. The quantitative estimate of drug-likeness (QED) is 0.820. The molecule has 6 nitrogen and oxygen atoms in total. The van der Waals surface area contributed by atoms with Crippen molar-refractivity contribution in [2.24, 2.45) is 0 Å². The lowest BCUT2D eigenvalue weighted by molar-refractivity contribution is -0.133. The molecule has 0 aromatic carbocycles. The summed E-state index contributed by atoms with van der Waals surface area (Å²) in [6.45, 7) is 2.28. The molecule has 2 aliphatic heterocycles. The molecule has 0 saturated carbocycles. The van der Waals surface area contributed by atoms with Crippen molar-refractivity contribution in [2.75, 3.05) is 13.1 Å². The molecule has 6 heteroatoms. The maximum atomic E-state index is 12.3. The van der Waals surface area contributed by atoms with E-state index < -0.39 is 0 Å². The number of nitrogens with one attached hydrogen (secondary N) is 1. The van der Waals surface area contributed by atoms with Crippen LogP contribution in [0.4, 0.5) is 0 Å². The van der Waals surface area contributed by atoms with Gasteiger partial charge in [-0.2, -0.15) is 0 Å². The van der Waals surface area contributed by atoms with Crippen molar-refractivity contribution in [2.45, 2.75) is 44.3 Å². The Kier molecular flexibility index (Phi) is 3.27. The molecular weight excluding hydrogens is 230 g/mol. The van der Waals surface area contributed by atoms with E-state index in [4.69, 9.17) is 0 Å². The van der Waals surface area contributed by atoms with E-state index in [1.807, 2.05) is 4.90 Å². The third-order valence-corrected chi connectivity index (χ3v) is 3.95. The largest absolute Gasteiger partial charge is 0.337 e. The number of nitrogens with zero attached hydrogens (tertiary/aromatic N) is 4. The molecule has 2 fully saturated rings. The lowest BCUT2D eigenvalue weighted by Gasteiger charge is -2.29. The summed E-state index contributed by atoms with van der Waals surface area (Å²) in [5.74, 6) is 0.164. The third kappa shape index (κ3) is 2.25. The van der Waals surface area contributed by atoms with Crippen molar-refractivity contribution in [3.05, 3.63) is 12.4 Å². The van der Waals surface area contributed by atoms with E-state index >= 15 is 0 Å². The molecule has 0 aliphatic carbocycles. The molecular formula is C12H19N5O. The predicted octanol–water partition coefficient (Wildman–Crippen LogP) is 0.0211. The minimum absolute atomic E-state index is 0.164. The summed E-state index contributed by atoms with van der Waals surface area (Å²) in [5, 5.41) is 11.1. The maximum absolute atomic E-state index is 12.3. The second-order valence-electron chi connectivity index (χ2n) is 5.10.